The van der Waals surface area contributed by atoms with Gasteiger partial charge in [0.25, 0.3) is 10.0 Å². The summed E-state index contributed by atoms with van der Waals surface area (Å²) in [5.74, 6) is 0.877. The van der Waals surface area contributed by atoms with Gasteiger partial charge in [0, 0.05) is 10.7 Å². The lowest BCUT2D eigenvalue weighted by molar-refractivity contribution is 0.402. The van der Waals surface area contributed by atoms with Crippen LogP contribution < -0.4 is 14.2 Å². The maximum atomic E-state index is 12.5. The molecule has 0 aromatic heterocycles. The third-order valence-electron chi connectivity index (χ3n) is 3.08. The molecule has 22 heavy (non-hydrogen) atoms. The van der Waals surface area contributed by atoms with Crippen LogP contribution in [0.4, 0.5) is 5.69 Å². The Morgan fingerprint density at radius 2 is 1.68 bits per heavy atom. The summed E-state index contributed by atoms with van der Waals surface area (Å²) in [4.78, 5) is -0.0126. The Hall–Kier alpha value is -1.92. The van der Waals surface area contributed by atoms with Crippen molar-refractivity contribution >= 4 is 27.3 Å². The summed E-state index contributed by atoms with van der Waals surface area (Å²) in [5, 5.41) is 0.357. The molecule has 1 N–H and O–H groups in total. The molecule has 0 atom stereocenters. The van der Waals surface area contributed by atoms with Gasteiger partial charge >= 0.3 is 0 Å². The van der Waals surface area contributed by atoms with E-state index in [9.17, 15) is 8.42 Å². The minimum Gasteiger partial charge on any atom is -0.497 e. The van der Waals surface area contributed by atoms with Gasteiger partial charge in [-0.05, 0) is 48.9 Å². The number of methoxy groups -OCH3 is 2. The SMILES string of the molecule is COc1ccc(NS(=O)(=O)c2cc(Cl)c(C)cc2OC)cc1. The molecule has 0 saturated carbocycles. The van der Waals surface area contributed by atoms with Gasteiger partial charge in [0.2, 0.25) is 0 Å². The lowest BCUT2D eigenvalue weighted by Gasteiger charge is -2.13. The molecule has 5 nitrogen and oxygen atoms in total. The van der Waals surface area contributed by atoms with Crippen LogP contribution in [-0.2, 0) is 10.0 Å². The van der Waals surface area contributed by atoms with Gasteiger partial charge in [-0.2, -0.15) is 0 Å². The molecule has 0 unspecified atom stereocenters. The number of ether oxygens (including phenoxy) is 2. The van der Waals surface area contributed by atoms with Crippen LogP contribution in [0.2, 0.25) is 5.02 Å². The van der Waals surface area contributed by atoms with E-state index >= 15 is 0 Å². The summed E-state index contributed by atoms with van der Waals surface area (Å²) in [6.07, 6.45) is 0. The molecule has 2 rings (SSSR count). The zero-order valence-corrected chi connectivity index (χ0v) is 14.0. The number of halogens is 1. The van der Waals surface area contributed by atoms with Crippen LogP contribution in [0.25, 0.3) is 0 Å². The van der Waals surface area contributed by atoms with Crippen LogP contribution in [-0.4, -0.2) is 22.6 Å². The monoisotopic (exact) mass is 341 g/mol. The van der Waals surface area contributed by atoms with E-state index in [2.05, 4.69) is 4.72 Å². The first-order valence-corrected chi connectivity index (χ1v) is 8.24. The Morgan fingerprint density at radius 1 is 1.05 bits per heavy atom. The van der Waals surface area contributed by atoms with E-state index in [0.717, 1.165) is 5.56 Å². The number of anilines is 1. The van der Waals surface area contributed by atoms with Crippen LogP contribution in [0.3, 0.4) is 0 Å². The van der Waals surface area contributed by atoms with Crippen LogP contribution in [0.5, 0.6) is 11.5 Å². The average Bonchev–Trinajstić information content (AvgIpc) is 2.49. The van der Waals surface area contributed by atoms with Gasteiger partial charge in [0.15, 0.2) is 0 Å². The normalized spacial score (nSPS) is 11.1. The Labute approximate surface area is 134 Å². The first-order chi connectivity index (χ1) is 10.4. The highest BCUT2D eigenvalue weighted by Gasteiger charge is 2.21. The first kappa shape index (κ1) is 16.5. The Kier molecular flexibility index (Phi) is 4.83. The Morgan fingerprint density at radius 3 is 2.23 bits per heavy atom. The Balaban J connectivity index is 2.39. The van der Waals surface area contributed by atoms with Gasteiger partial charge in [-0.1, -0.05) is 11.6 Å². The summed E-state index contributed by atoms with van der Waals surface area (Å²) in [6, 6.07) is 9.51. The summed E-state index contributed by atoms with van der Waals surface area (Å²) in [5.41, 5.74) is 1.15. The fraction of sp³-hybridized carbons (Fsp3) is 0.200. The highest BCUT2D eigenvalue weighted by Crippen LogP contribution is 2.31. The maximum Gasteiger partial charge on any atom is 0.265 e. The molecule has 0 saturated heterocycles. The highest BCUT2D eigenvalue weighted by molar-refractivity contribution is 7.92. The van der Waals surface area contributed by atoms with Gasteiger partial charge in [-0.3, -0.25) is 4.72 Å². The molecule has 0 amide bonds. The van der Waals surface area contributed by atoms with Crippen molar-refractivity contribution in [1.82, 2.24) is 0 Å². The van der Waals surface area contributed by atoms with Crippen LogP contribution in [0.15, 0.2) is 41.3 Å². The molecule has 7 heteroatoms. The molecule has 0 bridgehead atoms. The zero-order chi connectivity index (χ0) is 16.3. The summed E-state index contributed by atoms with van der Waals surface area (Å²) in [6.45, 7) is 1.78. The van der Waals surface area contributed by atoms with Gasteiger partial charge in [0.1, 0.15) is 16.4 Å². The van der Waals surface area contributed by atoms with E-state index in [4.69, 9.17) is 21.1 Å². The number of rotatable bonds is 5. The summed E-state index contributed by atoms with van der Waals surface area (Å²) in [7, 11) is -0.863. The molecule has 0 heterocycles. The second kappa shape index (κ2) is 6.46. The number of hydrogen-bond donors (Lipinski definition) is 1. The van der Waals surface area contributed by atoms with Gasteiger partial charge in [-0.25, -0.2) is 8.42 Å². The molecule has 0 radical (unpaired) electrons. The largest absolute Gasteiger partial charge is 0.497 e. The van der Waals surface area contributed by atoms with Crippen LogP contribution >= 0.6 is 11.6 Å². The van der Waals surface area contributed by atoms with Crippen LogP contribution in [0.1, 0.15) is 5.56 Å². The Bertz CT molecular complexity index is 773. The lowest BCUT2D eigenvalue weighted by Crippen LogP contribution is -2.14. The van der Waals surface area contributed by atoms with Crippen molar-refractivity contribution in [3.05, 3.63) is 47.0 Å². The number of sulfonamides is 1. The van der Waals surface area contributed by atoms with E-state index in [1.807, 2.05) is 0 Å². The average molecular weight is 342 g/mol. The molecular formula is C15H16ClNO4S. The molecule has 0 spiro atoms. The van der Waals surface area contributed by atoms with Crippen molar-refractivity contribution < 1.29 is 17.9 Å². The number of hydrogen-bond acceptors (Lipinski definition) is 4. The molecule has 0 fully saturated rings. The molecule has 2 aromatic carbocycles. The first-order valence-electron chi connectivity index (χ1n) is 6.38. The molecule has 0 aliphatic carbocycles. The van der Waals surface area contributed by atoms with Crippen molar-refractivity contribution in [1.29, 1.82) is 0 Å². The third kappa shape index (κ3) is 3.45. The number of benzene rings is 2. The molecule has 2 aromatic rings. The van der Waals surface area contributed by atoms with E-state index in [-0.39, 0.29) is 10.6 Å². The predicted molar refractivity (Wildman–Crippen MR) is 86.5 cm³/mol. The van der Waals surface area contributed by atoms with Crippen LogP contribution in [0, 0.1) is 6.92 Å². The maximum absolute atomic E-state index is 12.5. The number of aryl methyl sites for hydroxylation is 1. The fourth-order valence-electron chi connectivity index (χ4n) is 1.88. The minimum atomic E-state index is -3.82. The zero-order valence-electron chi connectivity index (χ0n) is 12.4. The summed E-state index contributed by atoms with van der Waals surface area (Å²) < 4.78 is 37.7. The quantitative estimate of drug-likeness (QED) is 0.904. The van der Waals surface area contributed by atoms with Crippen molar-refractivity contribution in [2.45, 2.75) is 11.8 Å². The molecular weight excluding hydrogens is 326 g/mol. The van der Waals surface area contributed by atoms with Crippen molar-refractivity contribution in [3.8, 4) is 11.5 Å². The highest BCUT2D eigenvalue weighted by atomic mass is 35.5. The predicted octanol–water partition coefficient (Wildman–Crippen LogP) is 3.47. The van der Waals surface area contributed by atoms with E-state index in [0.29, 0.717) is 16.5 Å². The standard InChI is InChI=1S/C15H16ClNO4S/c1-10-8-14(21-3)15(9-13(10)16)22(18,19)17-11-4-6-12(20-2)7-5-11/h4-9,17H,1-3H3. The number of nitrogens with one attached hydrogen (secondary N) is 1. The molecule has 0 aliphatic heterocycles. The van der Waals surface area contributed by atoms with Gasteiger partial charge in [0.05, 0.1) is 14.2 Å². The summed E-state index contributed by atoms with van der Waals surface area (Å²) >= 11 is 6.03. The van der Waals surface area contributed by atoms with Crippen molar-refractivity contribution in [2.24, 2.45) is 0 Å². The van der Waals surface area contributed by atoms with E-state index in [1.54, 1.807) is 44.4 Å². The minimum absolute atomic E-state index is 0.0126. The topological polar surface area (TPSA) is 64.6 Å². The van der Waals surface area contributed by atoms with Crippen molar-refractivity contribution in [3.63, 3.8) is 0 Å². The fourth-order valence-corrected chi connectivity index (χ4v) is 3.34. The lowest BCUT2D eigenvalue weighted by atomic mass is 10.2. The second-order valence-corrected chi connectivity index (χ2v) is 6.64. The smallest absolute Gasteiger partial charge is 0.265 e. The molecule has 0 aliphatic rings. The second-order valence-electron chi connectivity index (χ2n) is 4.59. The van der Waals surface area contributed by atoms with Crippen molar-refractivity contribution in [2.75, 3.05) is 18.9 Å². The molecule has 118 valence electrons. The van der Waals surface area contributed by atoms with Gasteiger partial charge in [-0.15, -0.1) is 0 Å². The van der Waals surface area contributed by atoms with Gasteiger partial charge < -0.3 is 9.47 Å². The third-order valence-corrected chi connectivity index (χ3v) is 4.89. The van der Waals surface area contributed by atoms with E-state index in [1.165, 1.54) is 13.2 Å². The van der Waals surface area contributed by atoms with E-state index < -0.39 is 10.0 Å².